The highest BCUT2D eigenvalue weighted by molar-refractivity contribution is 7.10. The average molecular weight is 481 g/mol. The number of thiophene rings is 1. The number of hydrogen-bond acceptors (Lipinski definition) is 3. The maximum absolute atomic E-state index is 13.9. The number of benzene rings is 3. The zero-order valence-corrected chi connectivity index (χ0v) is 20.6. The second-order valence-electron chi connectivity index (χ2n) is 9.62. The summed E-state index contributed by atoms with van der Waals surface area (Å²) in [6.45, 7) is 2.91. The Labute approximate surface area is 209 Å². The summed E-state index contributed by atoms with van der Waals surface area (Å²) < 4.78 is 0. The van der Waals surface area contributed by atoms with Gasteiger partial charge in [0.05, 0.1) is 6.04 Å². The van der Waals surface area contributed by atoms with Gasteiger partial charge in [0.2, 0.25) is 5.91 Å². The van der Waals surface area contributed by atoms with Gasteiger partial charge in [0, 0.05) is 23.0 Å². The van der Waals surface area contributed by atoms with E-state index in [0.717, 1.165) is 30.0 Å². The third-order valence-corrected chi connectivity index (χ3v) is 8.32. The molecule has 1 saturated carbocycles. The van der Waals surface area contributed by atoms with Gasteiger partial charge in [-0.2, -0.15) is 0 Å². The molecule has 4 aromatic rings. The van der Waals surface area contributed by atoms with E-state index in [1.807, 2.05) is 64.4 Å². The first-order valence-corrected chi connectivity index (χ1v) is 13.2. The maximum Gasteiger partial charge on any atom is 0.254 e. The Hall–Kier alpha value is -3.44. The molecule has 0 unspecified atom stereocenters. The summed E-state index contributed by atoms with van der Waals surface area (Å²) in [5.41, 5.74) is 4.22. The van der Waals surface area contributed by atoms with Crippen LogP contribution in [0.4, 0.5) is 0 Å². The van der Waals surface area contributed by atoms with Crippen LogP contribution >= 0.6 is 11.3 Å². The summed E-state index contributed by atoms with van der Waals surface area (Å²) >= 11 is 1.77. The molecule has 0 bridgehead atoms. The van der Waals surface area contributed by atoms with Crippen molar-refractivity contribution in [3.63, 3.8) is 0 Å². The van der Waals surface area contributed by atoms with Crippen LogP contribution in [0.25, 0.3) is 10.8 Å². The lowest BCUT2D eigenvalue weighted by Gasteiger charge is -2.38. The average Bonchev–Trinajstić information content (AvgIpc) is 3.62. The fourth-order valence-corrected chi connectivity index (χ4v) is 6.20. The van der Waals surface area contributed by atoms with Crippen molar-refractivity contribution in [1.82, 2.24) is 9.80 Å². The molecule has 1 aliphatic heterocycles. The minimum Gasteiger partial charge on any atom is -0.330 e. The molecule has 0 spiro atoms. The van der Waals surface area contributed by atoms with Crippen LogP contribution in [0.2, 0.25) is 0 Å². The van der Waals surface area contributed by atoms with Gasteiger partial charge in [0.25, 0.3) is 5.91 Å². The van der Waals surface area contributed by atoms with Crippen LogP contribution in [0.5, 0.6) is 0 Å². The van der Waals surface area contributed by atoms with E-state index in [-0.39, 0.29) is 30.4 Å². The fraction of sp³-hybridized carbons (Fsp3) is 0.267. The molecule has 2 heterocycles. The monoisotopic (exact) mass is 480 g/mol. The molecule has 2 aliphatic rings. The molecule has 1 atom stereocenters. The second-order valence-corrected chi connectivity index (χ2v) is 10.6. The number of carbonyl (C=O) groups is 2. The number of aryl methyl sites for hydroxylation is 1. The Balaban J connectivity index is 1.30. The summed E-state index contributed by atoms with van der Waals surface area (Å²) in [5, 5.41) is 4.28. The van der Waals surface area contributed by atoms with E-state index in [1.165, 1.54) is 21.6 Å². The van der Waals surface area contributed by atoms with Crippen molar-refractivity contribution in [3.05, 3.63) is 105 Å². The van der Waals surface area contributed by atoms with Crippen LogP contribution in [0.15, 0.2) is 78.2 Å². The lowest BCUT2D eigenvalue weighted by Crippen LogP contribution is -2.47. The van der Waals surface area contributed by atoms with Gasteiger partial charge in [-0.05, 0) is 77.2 Å². The van der Waals surface area contributed by atoms with E-state index in [2.05, 4.69) is 30.5 Å². The molecule has 2 amide bonds. The number of amides is 2. The standard InChI is InChI=1S/C30H28N2O2S/c1-20-6-2-5-9-25(20)29-26-15-17-35-27(26)14-16-31(29)28(33)19-32(24-12-13-24)30(34)23-11-10-21-7-3-4-8-22(21)18-23/h2-11,15,17-18,24,29H,12-14,16,19H2,1H3/t29-/m1/s1. The molecule has 0 saturated heterocycles. The van der Waals surface area contributed by atoms with Crippen molar-refractivity contribution >= 4 is 33.9 Å². The smallest absolute Gasteiger partial charge is 0.254 e. The first-order chi connectivity index (χ1) is 17.1. The molecular weight excluding hydrogens is 452 g/mol. The quantitative estimate of drug-likeness (QED) is 0.352. The predicted octanol–water partition coefficient (Wildman–Crippen LogP) is 5.99. The van der Waals surface area contributed by atoms with Crippen molar-refractivity contribution in [2.75, 3.05) is 13.1 Å². The van der Waals surface area contributed by atoms with Gasteiger partial charge in [-0.1, -0.05) is 54.6 Å². The Morgan fingerprint density at radius 2 is 1.71 bits per heavy atom. The largest absolute Gasteiger partial charge is 0.330 e. The van der Waals surface area contributed by atoms with Gasteiger partial charge >= 0.3 is 0 Å². The van der Waals surface area contributed by atoms with Crippen molar-refractivity contribution < 1.29 is 9.59 Å². The van der Waals surface area contributed by atoms with Crippen LogP contribution in [0.3, 0.4) is 0 Å². The fourth-order valence-electron chi connectivity index (χ4n) is 5.29. The zero-order valence-electron chi connectivity index (χ0n) is 19.8. The van der Waals surface area contributed by atoms with E-state index < -0.39 is 0 Å². The lowest BCUT2D eigenvalue weighted by molar-refractivity contribution is -0.134. The Morgan fingerprint density at radius 3 is 2.51 bits per heavy atom. The van der Waals surface area contributed by atoms with Gasteiger partial charge in [-0.3, -0.25) is 9.59 Å². The van der Waals surface area contributed by atoms with Crippen molar-refractivity contribution in [2.24, 2.45) is 0 Å². The molecule has 0 N–H and O–H groups in total. The van der Waals surface area contributed by atoms with Crippen LogP contribution in [0.1, 0.15) is 50.8 Å². The predicted molar refractivity (Wildman–Crippen MR) is 141 cm³/mol. The summed E-state index contributed by atoms with van der Waals surface area (Å²) in [6, 6.07) is 24.4. The molecule has 6 rings (SSSR count). The van der Waals surface area contributed by atoms with Gasteiger partial charge < -0.3 is 9.80 Å². The van der Waals surface area contributed by atoms with E-state index >= 15 is 0 Å². The molecule has 5 heteroatoms. The highest BCUT2D eigenvalue weighted by Crippen LogP contribution is 2.39. The van der Waals surface area contributed by atoms with Crippen molar-refractivity contribution in [1.29, 1.82) is 0 Å². The molecule has 35 heavy (non-hydrogen) atoms. The number of hydrogen-bond donors (Lipinski definition) is 0. The van der Waals surface area contributed by atoms with Crippen molar-refractivity contribution in [2.45, 2.75) is 38.3 Å². The van der Waals surface area contributed by atoms with E-state index in [0.29, 0.717) is 12.1 Å². The zero-order chi connectivity index (χ0) is 23.9. The molecular formula is C30H28N2O2S. The molecule has 1 aromatic heterocycles. The number of rotatable bonds is 5. The summed E-state index contributed by atoms with van der Waals surface area (Å²) in [7, 11) is 0. The van der Waals surface area contributed by atoms with Crippen LogP contribution in [-0.4, -0.2) is 40.7 Å². The lowest BCUT2D eigenvalue weighted by atomic mass is 9.90. The van der Waals surface area contributed by atoms with E-state index in [1.54, 1.807) is 11.3 Å². The summed E-state index contributed by atoms with van der Waals surface area (Å²) in [5.74, 6) is -0.0246. The summed E-state index contributed by atoms with van der Waals surface area (Å²) in [4.78, 5) is 32.6. The highest BCUT2D eigenvalue weighted by atomic mass is 32.1. The Bertz CT molecular complexity index is 1420. The molecule has 1 fully saturated rings. The molecule has 0 radical (unpaired) electrons. The SMILES string of the molecule is Cc1ccccc1[C@@H]1c2ccsc2CCN1C(=O)CN(C(=O)c1ccc2ccccc2c1)C1CC1. The van der Waals surface area contributed by atoms with Gasteiger partial charge in [0.1, 0.15) is 6.54 Å². The van der Waals surface area contributed by atoms with Crippen LogP contribution in [0, 0.1) is 6.92 Å². The Morgan fingerprint density at radius 1 is 0.943 bits per heavy atom. The molecule has 4 nitrogen and oxygen atoms in total. The van der Waals surface area contributed by atoms with E-state index in [9.17, 15) is 9.59 Å². The van der Waals surface area contributed by atoms with Gasteiger partial charge in [-0.15, -0.1) is 11.3 Å². The first kappa shape index (κ1) is 22.1. The normalized spacial score (nSPS) is 17.3. The van der Waals surface area contributed by atoms with Gasteiger partial charge in [0.15, 0.2) is 0 Å². The van der Waals surface area contributed by atoms with Gasteiger partial charge in [-0.25, -0.2) is 0 Å². The highest BCUT2D eigenvalue weighted by Gasteiger charge is 2.38. The van der Waals surface area contributed by atoms with Crippen LogP contribution < -0.4 is 0 Å². The minimum absolute atomic E-state index is 0.0242. The molecule has 3 aromatic carbocycles. The van der Waals surface area contributed by atoms with Crippen molar-refractivity contribution in [3.8, 4) is 0 Å². The summed E-state index contributed by atoms with van der Waals surface area (Å²) in [6.07, 6.45) is 2.79. The van der Waals surface area contributed by atoms with E-state index in [4.69, 9.17) is 0 Å². The topological polar surface area (TPSA) is 40.6 Å². The number of fused-ring (bicyclic) bond motifs is 2. The maximum atomic E-state index is 13.9. The third-order valence-electron chi connectivity index (χ3n) is 7.32. The third kappa shape index (κ3) is 4.14. The molecule has 176 valence electrons. The van der Waals surface area contributed by atoms with Crippen LogP contribution in [-0.2, 0) is 11.2 Å². The Kier molecular flexibility index (Phi) is 5.65. The minimum atomic E-state index is -0.101. The first-order valence-electron chi connectivity index (χ1n) is 12.3. The number of nitrogens with zero attached hydrogens (tertiary/aromatic N) is 2. The second kappa shape index (κ2) is 8.97. The number of carbonyl (C=O) groups excluding carboxylic acids is 2. The molecule has 1 aliphatic carbocycles.